The molecule has 1 aromatic heterocycles. The highest BCUT2D eigenvalue weighted by Crippen LogP contribution is 2.16. The van der Waals surface area contributed by atoms with Gasteiger partial charge < -0.3 is 21.7 Å². The van der Waals surface area contributed by atoms with Gasteiger partial charge in [0, 0.05) is 24.5 Å². The van der Waals surface area contributed by atoms with Crippen molar-refractivity contribution in [3.63, 3.8) is 0 Å². The van der Waals surface area contributed by atoms with Gasteiger partial charge in [-0.1, -0.05) is 48.5 Å². The molecule has 0 radical (unpaired) electrons. The van der Waals surface area contributed by atoms with Crippen molar-refractivity contribution in [1.29, 1.82) is 0 Å². The van der Waals surface area contributed by atoms with Crippen LogP contribution in [0.25, 0.3) is 10.9 Å². The summed E-state index contributed by atoms with van der Waals surface area (Å²) in [7, 11) is 0. The van der Waals surface area contributed by atoms with Crippen LogP contribution in [-0.2, 0) is 32.1 Å². The van der Waals surface area contributed by atoms with Crippen LogP contribution >= 0.6 is 0 Å². The van der Waals surface area contributed by atoms with Gasteiger partial charge >= 0.3 is 0 Å². The standard InChI is InChI=1S/C26H29N5O4/c1-17(25(34)29-16-19-9-5-11-21-20(19)10-6-14-28-21)30-26(35)22(15-23(27)32)31-24(33)13-12-18-7-3-2-4-8-18/h2-11,14,17,22H,12-13,15-16H2,1H3,(H2,27,32)(H,29,34)(H,30,35)(H,31,33). The maximum atomic E-state index is 12.7. The molecule has 3 rings (SSSR count). The summed E-state index contributed by atoms with van der Waals surface area (Å²) in [6.45, 7) is 1.78. The number of hydrogen-bond acceptors (Lipinski definition) is 5. The highest BCUT2D eigenvalue weighted by Gasteiger charge is 2.26. The van der Waals surface area contributed by atoms with Crippen LogP contribution in [0, 0.1) is 0 Å². The lowest BCUT2D eigenvalue weighted by Gasteiger charge is -2.20. The molecule has 0 bridgehead atoms. The number of nitrogens with zero attached hydrogens (tertiary/aromatic N) is 1. The SMILES string of the molecule is CC(NC(=O)C(CC(N)=O)NC(=O)CCc1ccccc1)C(=O)NCc1cccc2ncccc12. The van der Waals surface area contributed by atoms with Gasteiger partial charge in [-0.25, -0.2) is 0 Å². The Balaban J connectivity index is 1.54. The van der Waals surface area contributed by atoms with E-state index in [4.69, 9.17) is 5.73 Å². The number of nitrogens with one attached hydrogen (secondary N) is 3. The Morgan fingerprint density at radius 1 is 0.914 bits per heavy atom. The molecule has 0 saturated carbocycles. The molecule has 182 valence electrons. The molecule has 35 heavy (non-hydrogen) atoms. The van der Waals surface area contributed by atoms with Crippen LogP contribution in [0.5, 0.6) is 0 Å². The van der Waals surface area contributed by atoms with Gasteiger partial charge in [-0.3, -0.25) is 24.2 Å². The average Bonchev–Trinajstić information content (AvgIpc) is 2.85. The Morgan fingerprint density at radius 3 is 2.43 bits per heavy atom. The lowest BCUT2D eigenvalue weighted by Crippen LogP contribution is -2.53. The first kappa shape index (κ1) is 25.4. The number of benzene rings is 2. The molecule has 5 N–H and O–H groups in total. The molecule has 2 aromatic carbocycles. The second-order valence-electron chi connectivity index (χ2n) is 8.21. The van der Waals surface area contributed by atoms with Gasteiger partial charge in [-0.15, -0.1) is 0 Å². The van der Waals surface area contributed by atoms with Crippen LogP contribution in [0.3, 0.4) is 0 Å². The quantitative estimate of drug-likeness (QED) is 0.331. The minimum absolute atomic E-state index is 0.141. The Kier molecular flexibility index (Phi) is 8.89. The van der Waals surface area contributed by atoms with E-state index in [1.807, 2.05) is 60.7 Å². The first-order valence-electron chi connectivity index (χ1n) is 11.4. The molecule has 9 heteroatoms. The Hall–Kier alpha value is -4.27. The number of rotatable bonds is 11. The second kappa shape index (κ2) is 12.3. The Labute approximate surface area is 203 Å². The summed E-state index contributed by atoms with van der Waals surface area (Å²) in [4.78, 5) is 53.5. The van der Waals surface area contributed by atoms with E-state index in [0.717, 1.165) is 22.0 Å². The molecule has 0 fully saturated rings. The van der Waals surface area contributed by atoms with E-state index < -0.39 is 35.7 Å². The number of amides is 4. The van der Waals surface area contributed by atoms with Gasteiger partial charge in [0.2, 0.25) is 23.6 Å². The van der Waals surface area contributed by atoms with Crippen LogP contribution in [0.2, 0.25) is 0 Å². The summed E-state index contributed by atoms with van der Waals surface area (Å²) in [5.74, 6) is -2.20. The van der Waals surface area contributed by atoms with Crippen LogP contribution in [-0.4, -0.2) is 40.7 Å². The fourth-order valence-electron chi connectivity index (χ4n) is 3.62. The topological polar surface area (TPSA) is 143 Å². The van der Waals surface area contributed by atoms with Gasteiger partial charge in [0.25, 0.3) is 0 Å². The van der Waals surface area contributed by atoms with Crippen molar-refractivity contribution in [2.45, 2.75) is 44.8 Å². The molecule has 0 aliphatic carbocycles. The van der Waals surface area contributed by atoms with Crippen molar-refractivity contribution in [2.24, 2.45) is 5.73 Å². The van der Waals surface area contributed by atoms with E-state index in [9.17, 15) is 19.2 Å². The molecular weight excluding hydrogens is 446 g/mol. The monoisotopic (exact) mass is 475 g/mol. The van der Waals surface area contributed by atoms with E-state index >= 15 is 0 Å². The lowest BCUT2D eigenvalue weighted by atomic mass is 10.1. The summed E-state index contributed by atoms with van der Waals surface area (Å²) in [5, 5.41) is 8.82. The zero-order valence-corrected chi connectivity index (χ0v) is 19.5. The van der Waals surface area contributed by atoms with Gasteiger partial charge in [0.15, 0.2) is 0 Å². The molecule has 0 aliphatic heterocycles. The summed E-state index contributed by atoms with van der Waals surface area (Å²) in [6, 6.07) is 16.7. The predicted molar refractivity (Wildman–Crippen MR) is 132 cm³/mol. The molecule has 0 spiro atoms. The van der Waals surface area contributed by atoms with Gasteiger partial charge in [-0.05, 0) is 36.6 Å². The number of hydrogen-bond donors (Lipinski definition) is 4. The van der Waals surface area contributed by atoms with Gasteiger partial charge in [0.1, 0.15) is 12.1 Å². The highest BCUT2D eigenvalue weighted by molar-refractivity contribution is 5.94. The van der Waals surface area contributed by atoms with Gasteiger partial charge in [-0.2, -0.15) is 0 Å². The van der Waals surface area contributed by atoms with E-state index in [1.54, 1.807) is 6.20 Å². The molecule has 9 nitrogen and oxygen atoms in total. The minimum Gasteiger partial charge on any atom is -0.370 e. The van der Waals surface area contributed by atoms with Crippen LogP contribution in [0.4, 0.5) is 0 Å². The summed E-state index contributed by atoms with van der Waals surface area (Å²) < 4.78 is 0. The van der Waals surface area contributed by atoms with Crippen molar-refractivity contribution < 1.29 is 19.2 Å². The molecule has 2 unspecified atom stereocenters. The Morgan fingerprint density at radius 2 is 1.69 bits per heavy atom. The first-order chi connectivity index (χ1) is 16.8. The highest BCUT2D eigenvalue weighted by atomic mass is 16.2. The van der Waals surface area contributed by atoms with Crippen molar-refractivity contribution in [3.05, 3.63) is 78.0 Å². The third kappa shape index (κ3) is 7.63. The molecule has 0 aliphatic rings. The second-order valence-corrected chi connectivity index (χ2v) is 8.21. The number of fused-ring (bicyclic) bond motifs is 1. The molecule has 2 atom stereocenters. The van der Waals surface area contributed by atoms with Crippen LogP contribution in [0.1, 0.15) is 30.9 Å². The number of nitrogens with two attached hydrogens (primary N) is 1. The van der Waals surface area contributed by atoms with Crippen molar-refractivity contribution in [1.82, 2.24) is 20.9 Å². The summed E-state index contributed by atoms with van der Waals surface area (Å²) >= 11 is 0. The van der Waals surface area contributed by atoms with Crippen LogP contribution in [0.15, 0.2) is 66.9 Å². The fourth-order valence-corrected chi connectivity index (χ4v) is 3.62. The summed E-state index contributed by atoms with van der Waals surface area (Å²) in [6.07, 6.45) is 1.95. The molecular formula is C26H29N5O4. The van der Waals surface area contributed by atoms with E-state index in [2.05, 4.69) is 20.9 Å². The summed E-state index contributed by atoms with van der Waals surface area (Å²) in [5.41, 5.74) is 7.95. The molecule has 1 heterocycles. The molecule has 3 aromatic rings. The largest absolute Gasteiger partial charge is 0.370 e. The lowest BCUT2D eigenvalue weighted by molar-refractivity contribution is -0.133. The first-order valence-corrected chi connectivity index (χ1v) is 11.4. The normalized spacial score (nSPS) is 12.4. The number of carbonyl (C=O) groups is 4. The number of aromatic nitrogens is 1. The zero-order valence-electron chi connectivity index (χ0n) is 19.5. The van der Waals surface area contributed by atoms with Crippen LogP contribution < -0.4 is 21.7 Å². The molecule has 4 amide bonds. The zero-order chi connectivity index (χ0) is 25.2. The fraction of sp³-hybridized carbons (Fsp3) is 0.269. The molecule has 0 saturated heterocycles. The number of carbonyl (C=O) groups excluding carboxylic acids is 4. The minimum atomic E-state index is -1.17. The van der Waals surface area contributed by atoms with Crippen molar-refractivity contribution in [2.75, 3.05) is 0 Å². The number of primary amides is 1. The number of aryl methyl sites for hydroxylation is 1. The maximum Gasteiger partial charge on any atom is 0.243 e. The predicted octanol–water partition coefficient (Wildman–Crippen LogP) is 1.35. The van der Waals surface area contributed by atoms with Crippen molar-refractivity contribution >= 4 is 34.5 Å². The Bertz CT molecular complexity index is 1190. The third-order valence-electron chi connectivity index (χ3n) is 5.48. The van der Waals surface area contributed by atoms with E-state index in [-0.39, 0.29) is 19.4 Å². The smallest absolute Gasteiger partial charge is 0.243 e. The van der Waals surface area contributed by atoms with Gasteiger partial charge in [0.05, 0.1) is 11.9 Å². The maximum absolute atomic E-state index is 12.7. The number of pyridine rings is 1. The average molecular weight is 476 g/mol. The van der Waals surface area contributed by atoms with E-state index in [1.165, 1.54) is 6.92 Å². The van der Waals surface area contributed by atoms with E-state index in [0.29, 0.717) is 6.42 Å². The third-order valence-corrected chi connectivity index (χ3v) is 5.48. The van der Waals surface area contributed by atoms with Crippen molar-refractivity contribution in [3.8, 4) is 0 Å².